The van der Waals surface area contributed by atoms with Crippen LogP contribution in [-0.2, 0) is 0 Å². The Labute approximate surface area is 201 Å². The standard InChI is InChI=1S/C26H24FN5OS/c1-16-29-24(25(34-16)19-6-8-20(27)9-7-19)26(33)32-14-17-10-18(15-32)13-31(12-17)23-11-28-21-4-2-3-5-22(21)30-23/h2-9,11,17-18H,10,12-15H2,1H3. The van der Waals surface area contributed by atoms with Crippen molar-refractivity contribution in [1.82, 2.24) is 19.9 Å². The van der Waals surface area contributed by atoms with E-state index in [9.17, 15) is 9.18 Å². The Morgan fingerprint density at radius 1 is 0.971 bits per heavy atom. The molecule has 0 radical (unpaired) electrons. The lowest BCUT2D eigenvalue weighted by Gasteiger charge is -2.46. The van der Waals surface area contributed by atoms with Gasteiger partial charge in [0.25, 0.3) is 5.91 Å². The van der Waals surface area contributed by atoms with Gasteiger partial charge >= 0.3 is 0 Å². The van der Waals surface area contributed by atoms with Gasteiger partial charge in [-0.15, -0.1) is 11.3 Å². The fourth-order valence-corrected chi connectivity index (χ4v) is 6.17. The molecule has 2 unspecified atom stereocenters. The van der Waals surface area contributed by atoms with Crippen molar-refractivity contribution in [3.8, 4) is 10.4 Å². The lowest BCUT2D eigenvalue weighted by molar-refractivity contribution is 0.0560. The molecule has 2 saturated heterocycles. The third kappa shape index (κ3) is 3.92. The van der Waals surface area contributed by atoms with E-state index < -0.39 is 0 Å². The van der Waals surface area contributed by atoms with Crippen LogP contribution < -0.4 is 4.90 Å². The monoisotopic (exact) mass is 473 g/mol. The fourth-order valence-electron chi connectivity index (χ4n) is 5.25. The molecule has 172 valence electrons. The van der Waals surface area contributed by atoms with Crippen molar-refractivity contribution in [2.24, 2.45) is 11.8 Å². The highest BCUT2D eigenvalue weighted by Gasteiger charge is 2.38. The number of rotatable bonds is 3. The largest absolute Gasteiger partial charge is 0.355 e. The number of amides is 1. The minimum atomic E-state index is -0.289. The van der Waals surface area contributed by atoms with E-state index in [1.165, 1.54) is 23.5 Å². The summed E-state index contributed by atoms with van der Waals surface area (Å²) in [5.41, 5.74) is 3.11. The number of anilines is 1. The van der Waals surface area contributed by atoms with Gasteiger partial charge in [-0.3, -0.25) is 9.78 Å². The Hall–Kier alpha value is -3.39. The number of halogens is 1. The normalized spacial score (nSPS) is 20.1. The van der Waals surface area contributed by atoms with E-state index in [1.54, 1.807) is 12.1 Å². The van der Waals surface area contributed by atoms with Gasteiger partial charge in [-0.05, 0) is 55.0 Å². The van der Waals surface area contributed by atoms with Crippen LogP contribution in [0.15, 0.2) is 54.7 Å². The van der Waals surface area contributed by atoms with Gasteiger partial charge in [0.2, 0.25) is 0 Å². The smallest absolute Gasteiger partial charge is 0.274 e. The Balaban J connectivity index is 1.21. The molecule has 1 amide bonds. The first-order valence-electron chi connectivity index (χ1n) is 11.5. The molecule has 34 heavy (non-hydrogen) atoms. The summed E-state index contributed by atoms with van der Waals surface area (Å²) in [6.07, 6.45) is 2.97. The lowest BCUT2D eigenvalue weighted by atomic mass is 9.84. The van der Waals surface area contributed by atoms with Gasteiger partial charge in [0.1, 0.15) is 17.3 Å². The molecule has 2 bridgehead atoms. The Morgan fingerprint density at radius 2 is 1.68 bits per heavy atom. The third-order valence-corrected chi connectivity index (χ3v) is 7.69. The quantitative estimate of drug-likeness (QED) is 0.428. The zero-order chi connectivity index (χ0) is 23.2. The Kier molecular flexibility index (Phi) is 5.25. The highest BCUT2D eigenvalue weighted by molar-refractivity contribution is 7.15. The molecule has 2 aliphatic rings. The highest BCUT2D eigenvalue weighted by atomic mass is 32.1. The van der Waals surface area contributed by atoms with E-state index in [0.29, 0.717) is 30.6 Å². The van der Waals surface area contributed by atoms with Crippen LogP contribution >= 0.6 is 11.3 Å². The summed E-state index contributed by atoms with van der Waals surface area (Å²) in [5, 5.41) is 0.834. The Bertz CT molecular complexity index is 1360. The predicted octanol–water partition coefficient (Wildman–Crippen LogP) is 4.80. The van der Waals surface area contributed by atoms with Crippen molar-refractivity contribution >= 4 is 34.1 Å². The van der Waals surface area contributed by atoms with Gasteiger partial charge in [-0.1, -0.05) is 24.3 Å². The van der Waals surface area contributed by atoms with Crippen molar-refractivity contribution in [2.45, 2.75) is 13.3 Å². The molecule has 0 N–H and O–H groups in total. The number of piperidine rings is 2. The number of fused-ring (bicyclic) bond motifs is 3. The van der Waals surface area contributed by atoms with Crippen LogP contribution in [0.3, 0.4) is 0 Å². The van der Waals surface area contributed by atoms with Crippen molar-refractivity contribution in [3.63, 3.8) is 0 Å². The molecule has 6 rings (SSSR count). The maximum Gasteiger partial charge on any atom is 0.274 e. The number of para-hydroxylation sites is 2. The molecule has 2 atom stereocenters. The molecule has 2 aromatic carbocycles. The van der Waals surface area contributed by atoms with Gasteiger partial charge < -0.3 is 9.80 Å². The first kappa shape index (κ1) is 21.2. The minimum absolute atomic E-state index is 0.0303. The molecule has 4 heterocycles. The first-order chi connectivity index (χ1) is 16.5. The molecular formula is C26H24FN5OS. The average Bonchev–Trinajstić information content (AvgIpc) is 3.24. The summed E-state index contributed by atoms with van der Waals surface area (Å²) >= 11 is 1.48. The van der Waals surface area contributed by atoms with Crippen molar-refractivity contribution in [1.29, 1.82) is 0 Å². The van der Waals surface area contributed by atoms with E-state index in [0.717, 1.165) is 51.8 Å². The summed E-state index contributed by atoms with van der Waals surface area (Å²) in [5.74, 6) is 1.33. The van der Waals surface area contributed by atoms with Gasteiger partial charge in [0.15, 0.2) is 0 Å². The van der Waals surface area contributed by atoms with Gasteiger partial charge in [0.05, 0.1) is 27.1 Å². The molecule has 2 aromatic heterocycles. The van der Waals surface area contributed by atoms with Gasteiger partial charge in [-0.2, -0.15) is 0 Å². The van der Waals surface area contributed by atoms with Crippen molar-refractivity contribution in [2.75, 3.05) is 31.1 Å². The number of thiazole rings is 1. The summed E-state index contributed by atoms with van der Waals surface area (Å²) in [6.45, 7) is 5.02. The number of aromatic nitrogens is 3. The van der Waals surface area contributed by atoms with Crippen LogP contribution in [0, 0.1) is 24.6 Å². The van der Waals surface area contributed by atoms with Crippen LogP contribution in [-0.4, -0.2) is 51.9 Å². The Morgan fingerprint density at radius 3 is 2.41 bits per heavy atom. The van der Waals surface area contributed by atoms with Crippen LogP contribution in [0.25, 0.3) is 21.5 Å². The SMILES string of the molecule is Cc1nc(C(=O)N2CC3CC(C2)CN(c2cnc4ccccc4n2)C3)c(-c2ccc(F)cc2)s1. The summed E-state index contributed by atoms with van der Waals surface area (Å²) in [6, 6.07) is 14.2. The second-order valence-electron chi connectivity index (χ2n) is 9.22. The van der Waals surface area contributed by atoms with E-state index in [2.05, 4.69) is 14.9 Å². The van der Waals surface area contributed by atoms with E-state index in [4.69, 9.17) is 4.98 Å². The summed E-state index contributed by atoms with van der Waals surface area (Å²) in [7, 11) is 0. The van der Waals surface area contributed by atoms with E-state index in [-0.39, 0.29) is 11.7 Å². The average molecular weight is 474 g/mol. The second-order valence-corrected chi connectivity index (χ2v) is 10.4. The number of hydrogen-bond acceptors (Lipinski definition) is 6. The molecule has 4 aromatic rings. The second kappa shape index (κ2) is 8.43. The van der Waals surface area contributed by atoms with Crippen molar-refractivity contribution < 1.29 is 9.18 Å². The number of carbonyl (C=O) groups excluding carboxylic acids is 1. The molecule has 0 saturated carbocycles. The zero-order valence-electron chi connectivity index (χ0n) is 18.8. The maximum atomic E-state index is 13.6. The van der Waals surface area contributed by atoms with Crippen LogP contribution in [0.2, 0.25) is 0 Å². The van der Waals surface area contributed by atoms with Crippen LogP contribution in [0.1, 0.15) is 21.9 Å². The maximum absolute atomic E-state index is 13.6. The summed E-state index contributed by atoms with van der Waals surface area (Å²) < 4.78 is 13.4. The van der Waals surface area contributed by atoms with Crippen LogP contribution in [0.5, 0.6) is 0 Å². The number of likely N-dealkylation sites (tertiary alicyclic amines) is 1. The highest BCUT2D eigenvalue weighted by Crippen LogP contribution is 2.35. The van der Waals surface area contributed by atoms with Gasteiger partial charge in [-0.25, -0.2) is 14.4 Å². The topological polar surface area (TPSA) is 62.2 Å². The molecule has 2 fully saturated rings. The summed E-state index contributed by atoms with van der Waals surface area (Å²) in [4.78, 5) is 32.6. The van der Waals surface area contributed by atoms with Crippen LogP contribution in [0.4, 0.5) is 10.2 Å². The number of hydrogen-bond donors (Lipinski definition) is 0. The molecule has 2 aliphatic heterocycles. The molecule has 8 heteroatoms. The predicted molar refractivity (Wildman–Crippen MR) is 131 cm³/mol. The number of benzene rings is 2. The molecule has 0 spiro atoms. The number of carbonyl (C=O) groups is 1. The van der Waals surface area contributed by atoms with E-state index >= 15 is 0 Å². The van der Waals surface area contributed by atoms with Gasteiger partial charge in [0, 0.05) is 26.2 Å². The van der Waals surface area contributed by atoms with Crippen molar-refractivity contribution in [3.05, 3.63) is 71.2 Å². The third-order valence-electron chi connectivity index (χ3n) is 6.67. The van der Waals surface area contributed by atoms with E-state index in [1.807, 2.05) is 42.3 Å². The lowest BCUT2D eigenvalue weighted by Crippen LogP contribution is -2.54. The zero-order valence-corrected chi connectivity index (χ0v) is 19.6. The first-order valence-corrected chi connectivity index (χ1v) is 12.3. The molecular weight excluding hydrogens is 449 g/mol. The minimum Gasteiger partial charge on any atom is -0.355 e. The number of nitrogens with zero attached hydrogens (tertiary/aromatic N) is 5. The molecule has 0 aliphatic carbocycles. The number of aryl methyl sites for hydroxylation is 1. The fraction of sp³-hybridized carbons (Fsp3) is 0.308. The molecule has 6 nitrogen and oxygen atoms in total.